The van der Waals surface area contributed by atoms with Crippen LogP contribution in [0.1, 0.15) is 29.0 Å². The fourth-order valence-electron chi connectivity index (χ4n) is 3.57. The van der Waals surface area contributed by atoms with Crippen molar-refractivity contribution in [3.05, 3.63) is 82.4 Å². The van der Waals surface area contributed by atoms with Crippen LogP contribution in [0.2, 0.25) is 5.02 Å². The third-order valence-corrected chi connectivity index (χ3v) is 5.18. The van der Waals surface area contributed by atoms with Gasteiger partial charge in [0.2, 0.25) is 5.75 Å². The molecule has 0 fully saturated rings. The van der Waals surface area contributed by atoms with E-state index in [0.717, 1.165) is 22.4 Å². The Morgan fingerprint density at radius 2 is 1.52 bits per heavy atom. The lowest BCUT2D eigenvalue weighted by atomic mass is 9.97. The van der Waals surface area contributed by atoms with Crippen LogP contribution in [0.5, 0.6) is 17.2 Å². The highest BCUT2D eigenvalue weighted by atomic mass is 35.5. The fraction of sp³-hybridized carbons (Fsp3) is 0.217. The predicted molar refractivity (Wildman–Crippen MR) is 113 cm³/mol. The second-order valence-corrected chi connectivity index (χ2v) is 7.08. The Labute approximate surface area is 175 Å². The second-order valence-electron chi connectivity index (χ2n) is 6.64. The lowest BCUT2D eigenvalue weighted by Gasteiger charge is -2.34. The molecule has 6 heteroatoms. The first-order valence-electron chi connectivity index (χ1n) is 9.21. The van der Waals surface area contributed by atoms with E-state index in [2.05, 4.69) is 5.32 Å². The van der Waals surface area contributed by atoms with Gasteiger partial charge in [0, 0.05) is 21.8 Å². The van der Waals surface area contributed by atoms with Gasteiger partial charge < -0.3 is 24.3 Å². The van der Waals surface area contributed by atoms with Crippen molar-refractivity contribution < 1.29 is 18.9 Å². The summed E-state index contributed by atoms with van der Waals surface area (Å²) < 4.78 is 22.9. The lowest BCUT2D eigenvalue weighted by Crippen LogP contribution is -2.25. The average Bonchev–Trinajstić information content (AvgIpc) is 2.77. The van der Waals surface area contributed by atoms with E-state index in [1.807, 2.05) is 60.7 Å². The minimum atomic E-state index is -0.414. The van der Waals surface area contributed by atoms with Crippen LogP contribution >= 0.6 is 11.6 Å². The molecule has 0 aliphatic carbocycles. The molecule has 1 N–H and O–H groups in total. The number of hydrogen-bond donors (Lipinski definition) is 1. The Morgan fingerprint density at radius 3 is 2.14 bits per heavy atom. The number of rotatable bonds is 5. The first kappa shape index (κ1) is 19.4. The van der Waals surface area contributed by atoms with E-state index in [0.29, 0.717) is 22.3 Å². The summed E-state index contributed by atoms with van der Waals surface area (Å²) in [4.78, 5) is 0. The molecule has 2 unspecified atom stereocenters. The molecule has 3 aromatic carbocycles. The highest BCUT2D eigenvalue weighted by Gasteiger charge is 2.30. The quantitative estimate of drug-likeness (QED) is 0.592. The summed E-state index contributed by atoms with van der Waals surface area (Å²) in [5.41, 5.74) is 3.87. The number of hydrogen-bond acceptors (Lipinski definition) is 5. The van der Waals surface area contributed by atoms with Crippen molar-refractivity contribution in [2.75, 3.05) is 26.6 Å². The van der Waals surface area contributed by atoms with E-state index >= 15 is 0 Å². The van der Waals surface area contributed by atoms with Crippen LogP contribution in [0.15, 0.2) is 60.7 Å². The van der Waals surface area contributed by atoms with E-state index in [-0.39, 0.29) is 6.10 Å². The summed E-state index contributed by atoms with van der Waals surface area (Å²) in [5, 5.41) is 4.12. The van der Waals surface area contributed by atoms with Crippen LogP contribution < -0.4 is 19.5 Å². The lowest BCUT2D eigenvalue weighted by molar-refractivity contribution is 0.0155. The standard InChI is InChI=1S/C23H22ClNO4/c1-26-19-11-15(12-20(27-2)22(19)28-3)23-25-18-10-9-16(24)13-17(18)21(29-23)14-7-5-4-6-8-14/h4-13,21,23,25H,1-3H3. The van der Waals surface area contributed by atoms with Gasteiger partial charge in [0.25, 0.3) is 0 Å². The van der Waals surface area contributed by atoms with Gasteiger partial charge in [-0.25, -0.2) is 0 Å². The van der Waals surface area contributed by atoms with Crippen LogP contribution in [-0.2, 0) is 4.74 Å². The molecule has 1 heterocycles. The predicted octanol–water partition coefficient (Wildman–Crippen LogP) is 5.60. The number of ether oxygens (including phenoxy) is 4. The molecule has 0 saturated heterocycles. The van der Waals surface area contributed by atoms with E-state index < -0.39 is 6.23 Å². The molecule has 4 rings (SSSR count). The number of nitrogens with one attached hydrogen (secondary N) is 1. The molecule has 0 saturated carbocycles. The maximum atomic E-state index is 6.49. The number of halogens is 1. The fourth-order valence-corrected chi connectivity index (χ4v) is 3.75. The molecule has 1 aliphatic rings. The summed E-state index contributed by atoms with van der Waals surface area (Å²) in [6.45, 7) is 0. The van der Waals surface area contributed by atoms with Gasteiger partial charge in [-0.1, -0.05) is 41.9 Å². The molecule has 0 aromatic heterocycles. The van der Waals surface area contributed by atoms with Crippen molar-refractivity contribution in [2.45, 2.75) is 12.3 Å². The Bertz CT molecular complexity index is 984. The SMILES string of the molecule is COc1cc(C2Nc3ccc(Cl)cc3C(c3ccccc3)O2)cc(OC)c1OC. The zero-order chi connectivity index (χ0) is 20.4. The molecule has 5 nitrogen and oxygen atoms in total. The Morgan fingerprint density at radius 1 is 0.828 bits per heavy atom. The van der Waals surface area contributed by atoms with Gasteiger partial charge in [0.1, 0.15) is 6.10 Å². The maximum absolute atomic E-state index is 6.49. The molecule has 0 spiro atoms. The number of benzene rings is 3. The highest BCUT2D eigenvalue weighted by Crippen LogP contribution is 2.45. The zero-order valence-electron chi connectivity index (χ0n) is 16.4. The van der Waals surface area contributed by atoms with Crippen LogP contribution in [0.4, 0.5) is 5.69 Å². The van der Waals surface area contributed by atoms with Gasteiger partial charge in [-0.15, -0.1) is 0 Å². The van der Waals surface area contributed by atoms with Crippen molar-refractivity contribution in [2.24, 2.45) is 0 Å². The second kappa shape index (κ2) is 8.23. The maximum Gasteiger partial charge on any atom is 0.203 e. The molecular formula is C23H22ClNO4. The van der Waals surface area contributed by atoms with Crippen LogP contribution in [0, 0.1) is 0 Å². The van der Waals surface area contributed by atoms with Crippen LogP contribution in [0.3, 0.4) is 0 Å². The topological polar surface area (TPSA) is 49.0 Å². The molecule has 0 amide bonds. The van der Waals surface area contributed by atoms with Gasteiger partial charge in [-0.3, -0.25) is 0 Å². The third-order valence-electron chi connectivity index (χ3n) is 4.95. The van der Waals surface area contributed by atoms with E-state index in [1.165, 1.54) is 0 Å². The van der Waals surface area contributed by atoms with Gasteiger partial charge in [0.05, 0.1) is 21.3 Å². The minimum Gasteiger partial charge on any atom is -0.493 e. The molecule has 0 radical (unpaired) electrons. The Kier molecular flexibility index (Phi) is 5.51. The average molecular weight is 412 g/mol. The van der Waals surface area contributed by atoms with Crippen LogP contribution in [-0.4, -0.2) is 21.3 Å². The van der Waals surface area contributed by atoms with E-state index in [1.54, 1.807) is 21.3 Å². The molecule has 1 aliphatic heterocycles. The zero-order valence-corrected chi connectivity index (χ0v) is 17.2. The first-order valence-corrected chi connectivity index (χ1v) is 9.58. The first-order chi connectivity index (χ1) is 14.1. The smallest absolute Gasteiger partial charge is 0.203 e. The monoisotopic (exact) mass is 411 g/mol. The Hall–Kier alpha value is -2.89. The van der Waals surface area contributed by atoms with Crippen molar-refractivity contribution in [1.82, 2.24) is 0 Å². The van der Waals surface area contributed by atoms with Gasteiger partial charge >= 0.3 is 0 Å². The van der Waals surface area contributed by atoms with Crippen molar-refractivity contribution >= 4 is 17.3 Å². The van der Waals surface area contributed by atoms with Gasteiger partial charge in [0.15, 0.2) is 17.7 Å². The normalized spacial score (nSPS) is 17.8. The number of methoxy groups -OCH3 is 3. The van der Waals surface area contributed by atoms with Gasteiger partial charge in [-0.2, -0.15) is 0 Å². The Balaban J connectivity index is 1.79. The molecule has 3 aromatic rings. The van der Waals surface area contributed by atoms with Crippen LogP contribution in [0.25, 0.3) is 0 Å². The van der Waals surface area contributed by atoms with E-state index in [9.17, 15) is 0 Å². The minimum absolute atomic E-state index is 0.268. The molecule has 29 heavy (non-hydrogen) atoms. The molecule has 0 bridgehead atoms. The summed E-state index contributed by atoms with van der Waals surface area (Å²) in [6.07, 6.45) is -0.683. The van der Waals surface area contributed by atoms with Crippen molar-refractivity contribution in [1.29, 1.82) is 0 Å². The van der Waals surface area contributed by atoms with Crippen molar-refractivity contribution in [3.8, 4) is 17.2 Å². The number of fused-ring (bicyclic) bond motifs is 1. The van der Waals surface area contributed by atoms with Gasteiger partial charge in [-0.05, 0) is 35.9 Å². The molecule has 150 valence electrons. The summed E-state index contributed by atoms with van der Waals surface area (Å²) in [7, 11) is 4.78. The number of anilines is 1. The largest absolute Gasteiger partial charge is 0.493 e. The molecular weight excluding hydrogens is 390 g/mol. The third kappa shape index (κ3) is 3.71. The van der Waals surface area contributed by atoms with Crippen molar-refractivity contribution in [3.63, 3.8) is 0 Å². The highest BCUT2D eigenvalue weighted by molar-refractivity contribution is 6.30. The summed E-state index contributed by atoms with van der Waals surface area (Å²) in [6, 6.07) is 19.6. The summed E-state index contributed by atoms with van der Waals surface area (Å²) >= 11 is 6.27. The molecule has 2 atom stereocenters. The van der Waals surface area contributed by atoms with E-state index in [4.69, 9.17) is 30.5 Å². The summed E-state index contributed by atoms with van der Waals surface area (Å²) in [5.74, 6) is 1.69.